The molecule has 2 saturated heterocycles. The van der Waals surface area contributed by atoms with E-state index in [4.69, 9.17) is 4.42 Å². The number of furan rings is 1. The highest BCUT2D eigenvalue weighted by atomic mass is 16.3. The van der Waals surface area contributed by atoms with E-state index in [1.165, 1.54) is 45.4 Å². The fraction of sp³-hybridized carbons (Fsp3) is 0.750. The Bertz CT molecular complexity index is 392. The first-order valence-electron chi connectivity index (χ1n) is 8.04. The Hall–Kier alpha value is -0.840. The molecule has 0 spiro atoms. The second-order valence-corrected chi connectivity index (χ2v) is 6.24. The summed E-state index contributed by atoms with van der Waals surface area (Å²) in [6.07, 6.45) is 5.84. The van der Waals surface area contributed by atoms with Crippen molar-refractivity contribution < 1.29 is 4.42 Å². The van der Waals surface area contributed by atoms with Crippen LogP contribution in [0.2, 0.25) is 0 Å². The zero-order chi connectivity index (χ0) is 13.8. The number of hydrogen-bond donors (Lipinski definition) is 1. The van der Waals surface area contributed by atoms with Crippen LogP contribution in [0, 0.1) is 0 Å². The van der Waals surface area contributed by atoms with Crippen molar-refractivity contribution in [3.63, 3.8) is 0 Å². The Morgan fingerprint density at radius 2 is 2.25 bits per heavy atom. The predicted octanol–water partition coefficient (Wildman–Crippen LogP) is 1.93. The third kappa shape index (κ3) is 3.43. The first-order chi connectivity index (χ1) is 9.83. The Balaban J connectivity index is 1.45. The van der Waals surface area contributed by atoms with Gasteiger partial charge in [0.15, 0.2) is 0 Å². The topological polar surface area (TPSA) is 31.7 Å². The van der Waals surface area contributed by atoms with E-state index in [1.807, 2.05) is 12.1 Å². The molecule has 112 valence electrons. The summed E-state index contributed by atoms with van der Waals surface area (Å²) in [5.41, 5.74) is 0. The molecule has 2 atom stereocenters. The van der Waals surface area contributed by atoms with Crippen LogP contribution in [-0.4, -0.2) is 54.6 Å². The third-order valence-corrected chi connectivity index (χ3v) is 4.78. The summed E-state index contributed by atoms with van der Waals surface area (Å²) in [4.78, 5) is 5.37. The van der Waals surface area contributed by atoms with Gasteiger partial charge < -0.3 is 9.73 Å². The summed E-state index contributed by atoms with van der Waals surface area (Å²) in [7, 11) is 0. The Labute approximate surface area is 122 Å². The molecule has 0 radical (unpaired) electrons. The SMILES string of the molecule is CC(CNCc1ccco1)N1CCCN2CCCC2C1. The van der Waals surface area contributed by atoms with Crippen LogP contribution in [0.4, 0.5) is 0 Å². The first kappa shape index (κ1) is 14.1. The highest BCUT2D eigenvalue weighted by Gasteiger charge is 2.30. The van der Waals surface area contributed by atoms with Crippen LogP contribution in [0.1, 0.15) is 31.9 Å². The number of hydrogen-bond acceptors (Lipinski definition) is 4. The van der Waals surface area contributed by atoms with E-state index in [2.05, 4.69) is 22.0 Å². The summed E-state index contributed by atoms with van der Waals surface area (Å²) in [6, 6.07) is 5.39. The second-order valence-electron chi connectivity index (χ2n) is 6.24. The number of nitrogens with zero attached hydrogens (tertiary/aromatic N) is 2. The molecule has 2 aliphatic heterocycles. The van der Waals surface area contributed by atoms with Crippen molar-refractivity contribution in [1.29, 1.82) is 0 Å². The van der Waals surface area contributed by atoms with Crippen LogP contribution in [0.25, 0.3) is 0 Å². The van der Waals surface area contributed by atoms with Gasteiger partial charge in [-0.3, -0.25) is 9.80 Å². The lowest BCUT2D eigenvalue weighted by atomic mass is 10.2. The van der Waals surface area contributed by atoms with Crippen molar-refractivity contribution in [1.82, 2.24) is 15.1 Å². The highest BCUT2D eigenvalue weighted by molar-refractivity contribution is 4.97. The molecule has 0 bridgehead atoms. The van der Waals surface area contributed by atoms with Crippen molar-refractivity contribution in [2.24, 2.45) is 0 Å². The van der Waals surface area contributed by atoms with E-state index in [0.29, 0.717) is 6.04 Å². The molecular formula is C16H27N3O. The second kappa shape index (κ2) is 6.74. The molecule has 1 N–H and O–H groups in total. The van der Waals surface area contributed by atoms with Crippen LogP contribution < -0.4 is 5.32 Å². The summed E-state index contributed by atoms with van der Waals surface area (Å²) in [6.45, 7) is 9.34. The molecular weight excluding hydrogens is 250 g/mol. The Morgan fingerprint density at radius 3 is 3.10 bits per heavy atom. The minimum absolute atomic E-state index is 0.602. The highest BCUT2D eigenvalue weighted by Crippen LogP contribution is 2.22. The van der Waals surface area contributed by atoms with Gasteiger partial charge in [-0.1, -0.05) is 0 Å². The van der Waals surface area contributed by atoms with Crippen LogP contribution in [0.15, 0.2) is 22.8 Å². The normalized spacial score (nSPS) is 26.4. The molecule has 2 aliphatic rings. The van der Waals surface area contributed by atoms with E-state index < -0.39 is 0 Å². The van der Waals surface area contributed by atoms with Crippen LogP contribution in [-0.2, 0) is 6.54 Å². The summed E-state index contributed by atoms with van der Waals surface area (Å²) in [5, 5.41) is 3.52. The average molecular weight is 277 g/mol. The van der Waals surface area contributed by atoms with E-state index in [0.717, 1.165) is 24.9 Å². The summed E-state index contributed by atoms with van der Waals surface area (Å²) < 4.78 is 5.35. The van der Waals surface area contributed by atoms with Crippen molar-refractivity contribution in [2.75, 3.05) is 32.7 Å². The zero-order valence-electron chi connectivity index (χ0n) is 12.6. The molecule has 3 rings (SSSR count). The standard InChI is InChI=1S/C16H27N3O/c1-14(11-17-12-16-6-3-10-20-16)19-9-4-8-18-7-2-5-15(18)13-19/h3,6,10,14-15,17H,2,4-5,7-9,11-13H2,1H3. The van der Waals surface area contributed by atoms with Crippen LogP contribution in [0.5, 0.6) is 0 Å². The fourth-order valence-corrected chi connectivity index (χ4v) is 3.58. The summed E-state index contributed by atoms with van der Waals surface area (Å²) >= 11 is 0. The van der Waals surface area contributed by atoms with E-state index >= 15 is 0 Å². The molecule has 2 fully saturated rings. The number of nitrogens with one attached hydrogen (secondary N) is 1. The molecule has 1 aromatic heterocycles. The molecule has 2 unspecified atom stereocenters. The maximum Gasteiger partial charge on any atom is 0.117 e. The molecule has 1 aromatic rings. The molecule has 3 heterocycles. The maximum atomic E-state index is 5.35. The van der Waals surface area contributed by atoms with Crippen molar-refractivity contribution in [3.05, 3.63) is 24.2 Å². The third-order valence-electron chi connectivity index (χ3n) is 4.78. The fourth-order valence-electron chi connectivity index (χ4n) is 3.58. The van der Waals surface area contributed by atoms with Gasteiger partial charge in [-0.15, -0.1) is 0 Å². The van der Waals surface area contributed by atoms with E-state index in [9.17, 15) is 0 Å². The molecule has 20 heavy (non-hydrogen) atoms. The van der Waals surface area contributed by atoms with Gasteiger partial charge in [-0.05, 0) is 58.0 Å². The average Bonchev–Trinajstić information content (AvgIpc) is 3.07. The van der Waals surface area contributed by atoms with Gasteiger partial charge in [-0.2, -0.15) is 0 Å². The van der Waals surface area contributed by atoms with Gasteiger partial charge in [0, 0.05) is 25.2 Å². The number of fused-ring (bicyclic) bond motifs is 1. The lowest BCUT2D eigenvalue weighted by Crippen LogP contribution is -2.44. The first-order valence-corrected chi connectivity index (χ1v) is 8.04. The smallest absolute Gasteiger partial charge is 0.117 e. The molecule has 0 saturated carbocycles. The lowest BCUT2D eigenvalue weighted by Gasteiger charge is -2.30. The summed E-state index contributed by atoms with van der Waals surface area (Å²) in [5.74, 6) is 1.02. The van der Waals surface area contributed by atoms with Crippen LogP contribution >= 0.6 is 0 Å². The lowest BCUT2D eigenvalue weighted by molar-refractivity contribution is 0.178. The largest absolute Gasteiger partial charge is 0.468 e. The van der Waals surface area contributed by atoms with E-state index in [1.54, 1.807) is 6.26 Å². The maximum absolute atomic E-state index is 5.35. The minimum Gasteiger partial charge on any atom is -0.468 e. The quantitative estimate of drug-likeness (QED) is 0.891. The predicted molar refractivity (Wildman–Crippen MR) is 80.7 cm³/mol. The van der Waals surface area contributed by atoms with Crippen molar-refractivity contribution in [3.8, 4) is 0 Å². The molecule has 4 nitrogen and oxygen atoms in total. The van der Waals surface area contributed by atoms with Gasteiger partial charge >= 0.3 is 0 Å². The van der Waals surface area contributed by atoms with Crippen LogP contribution in [0.3, 0.4) is 0 Å². The monoisotopic (exact) mass is 277 g/mol. The molecule has 0 aromatic carbocycles. The van der Waals surface area contributed by atoms with E-state index in [-0.39, 0.29) is 0 Å². The Morgan fingerprint density at radius 1 is 1.35 bits per heavy atom. The van der Waals surface area contributed by atoms with Gasteiger partial charge in [-0.25, -0.2) is 0 Å². The molecule has 0 amide bonds. The van der Waals surface area contributed by atoms with Crippen molar-refractivity contribution in [2.45, 2.75) is 44.8 Å². The molecule has 4 heteroatoms. The van der Waals surface area contributed by atoms with Crippen molar-refractivity contribution >= 4 is 0 Å². The van der Waals surface area contributed by atoms with Gasteiger partial charge in [0.2, 0.25) is 0 Å². The minimum atomic E-state index is 0.602. The Kier molecular flexibility index (Phi) is 4.76. The molecule has 0 aliphatic carbocycles. The number of rotatable bonds is 5. The van der Waals surface area contributed by atoms with Gasteiger partial charge in [0.05, 0.1) is 12.8 Å². The zero-order valence-corrected chi connectivity index (χ0v) is 12.6. The van der Waals surface area contributed by atoms with Gasteiger partial charge in [0.1, 0.15) is 5.76 Å². The van der Waals surface area contributed by atoms with Gasteiger partial charge in [0.25, 0.3) is 0 Å².